The minimum Gasteiger partial charge on any atom is -0.412 e. The number of hydrogen-bond acceptors (Lipinski definition) is 5. The average Bonchev–Trinajstić information content (AvgIpc) is 2.69. The molecule has 1 aliphatic heterocycles. The largest absolute Gasteiger partial charge is 0.476 e. The van der Waals surface area contributed by atoms with Gasteiger partial charge < -0.3 is 4.52 Å². The van der Waals surface area contributed by atoms with Crippen LogP contribution in [0.5, 0.6) is 5.75 Å². The lowest BCUT2D eigenvalue weighted by Crippen LogP contribution is -2.52. The summed E-state index contributed by atoms with van der Waals surface area (Å²) in [5.41, 5.74) is -1.22. The summed E-state index contributed by atoms with van der Waals surface area (Å²) in [4.78, 5) is 0.0411. The van der Waals surface area contributed by atoms with E-state index in [1.54, 1.807) is 70.2 Å². The van der Waals surface area contributed by atoms with Crippen molar-refractivity contribution in [2.45, 2.75) is 50.7 Å². The zero-order valence-electron chi connectivity index (χ0n) is 16.0. The van der Waals surface area contributed by atoms with Gasteiger partial charge in [-0.15, -0.1) is 0 Å². The molecule has 3 rings (SSSR count). The van der Waals surface area contributed by atoms with Gasteiger partial charge in [-0.25, -0.2) is 13.0 Å². The predicted octanol–water partition coefficient (Wildman–Crippen LogP) is 4.76. The first-order valence-corrected chi connectivity index (χ1v) is 11.5. The first-order valence-electron chi connectivity index (χ1n) is 8.58. The molecule has 2 aromatic rings. The molecular formula is C19H24NO5PS. The molecule has 1 unspecified atom stereocenters. The third-order valence-electron chi connectivity index (χ3n) is 5.03. The molecule has 0 bridgehead atoms. The lowest BCUT2D eigenvalue weighted by molar-refractivity contribution is 0.0576. The maximum atomic E-state index is 13.7. The van der Waals surface area contributed by atoms with Crippen molar-refractivity contribution >= 4 is 17.8 Å². The number of rotatable bonds is 4. The predicted molar refractivity (Wildman–Crippen MR) is 104 cm³/mol. The van der Waals surface area contributed by atoms with Gasteiger partial charge in [-0.2, -0.15) is 0 Å². The molecule has 1 atom stereocenters. The Morgan fingerprint density at radius 3 is 2.07 bits per heavy atom. The summed E-state index contributed by atoms with van der Waals surface area (Å²) in [5.74, 6) is 0.276. The highest BCUT2D eigenvalue weighted by atomic mass is 32.2. The van der Waals surface area contributed by atoms with Crippen LogP contribution < -0.4 is 4.52 Å². The van der Waals surface area contributed by atoms with Crippen molar-refractivity contribution in [2.24, 2.45) is 0 Å². The Kier molecular flexibility index (Phi) is 4.80. The van der Waals surface area contributed by atoms with Gasteiger partial charge >= 0.3 is 7.75 Å². The van der Waals surface area contributed by atoms with Crippen LogP contribution in [0.3, 0.4) is 0 Å². The molecule has 0 spiro atoms. The highest BCUT2D eigenvalue weighted by Crippen LogP contribution is 2.68. The van der Waals surface area contributed by atoms with Crippen LogP contribution in [0.2, 0.25) is 0 Å². The summed E-state index contributed by atoms with van der Waals surface area (Å²) in [6, 6.07) is 14.8. The van der Waals surface area contributed by atoms with E-state index in [-0.39, 0.29) is 10.6 Å². The molecule has 0 aromatic heterocycles. The second-order valence-corrected chi connectivity index (χ2v) is 11.4. The number of hydrogen-bond donors (Lipinski definition) is 0. The summed E-state index contributed by atoms with van der Waals surface area (Å²) in [5, 5.41) is 0. The van der Waals surface area contributed by atoms with Gasteiger partial charge in [0.2, 0.25) is 0 Å². The van der Waals surface area contributed by atoms with Gasteiger partial charge in [0.25, 0.3) is 10.0 Å². The molecule has 1 heterocycles. The van der Waals surface area contributed by atoms with Gasteiger partial charge in [-0.05, 0) is 58.9 Å². The smallest absolute Gasteiger partial charge is 0.412 e. The standard InChI is InChI=1S/C19H24NO5PS/c1-15-11-13-17(14-12-15)27(22,23)20-18(2,3)19(4,5)25-26(20,21)24-16-9-7-6-8-10-16/h6-14H,1-5H3. The van der Waals surface area contributed by atoms with Crippen LogP contribution in [0.25, 0.3) is 0 Å². The van der Waals surface area contributed by atoms with Crippen molar-refractivity contribution < 1.29 is 22.0 Å². The molecule has 2 aromatic carbocycles. The number of benzene rings is 2. The van der Waals surface area contributed by atoms with Crippen molar-refractivity contribution in [3.63, 3.8) is 0 Å². The van der Waals surface area contributed by atoms with E-state index < -0.39 is 28.9 Å². The van der Waals surface area contributed by atoms with E-state index in [4.69, 9.17) is 9.05 Å². The Hall–Kier alpha value is -1.66. The van der Waals surface area contributed by atoms with E-state index in [2.05, 4.69) is 0 Å². The molecule has 146 valence electrons. The van der Waals surface area contributed by atoms with Gasteiger partial charge in [0.15, 0.2) is 0 Å². The Bertz CT molecular complexity index is 985. The molecule has 0 amide bonds. The maximum absolute atomic E-state index is 13.7. The molecule has 6 nitrogen and oxygen atoms in total. The van der Waals surface area contributed by atoms with Crippen molar-refractivity contribution in [3.05, 3.63) is 60.2 Å². The first-order chi connectivity index (χ1) is 12.4. The zero-order valence-corrected chi connectivity index (χ0v) is 17.8. The van der Waals surface area contributed by atoms with Crippen LogP contribution >= 0.6 is 7.75 Å². The van der Waals surface area contributed by atoms with Gasteiger partial charge in [-0.1, -0.05) is 40.0 Å². The Labute approximate surface area is 160 Å². The van der Waals surface area contributed by atoms with E-state index in [0.29, 0.717) is 0 Å². The summed E-state index contributed by atoms with van der Waals surface area (Å²) < 4.78 is 53.0. The monoisotopic (exact) mass is 409 g/mol. The maximum Gasteiger partial charge on any atom is 0.476 e. The normalized spacial score (nSPS) is 24.6. The van der Waals surface area contributed by atoms with E-state index in [0.717, 1.165) is 9.64 Å². The Morgan fingerprint density at radius 2 is 1.52 bits per heavy atom. The van der Waals surface area contributed by atoms with Crippen LogP contribution in [-0.4, -0.2) is 23.6 Å². The molecule has 8 heteroatoms. The highest BCUT2D eigenvalue weighted by molar-refractivity contribution is 7.94. The lowest BCUT2D eigenvalue weighted by Gasteiger charge is -2.36. The SMILES string of the molecule is Cc1ccc(S(=O)(=O)N2C(C)(C)C(C)(C)OP2(=O)Oc2ccccc2)cc1. The van der Waals surface area contributed by atoms with E-state index in [1.165, 1.54) is 12.1 Å². The third-order valence-corrected chi connectivity index (χ3v) is 10.1. The molecule has 1 aliphatic rings. The Morgan fingerprint density at radius 1 is 0.963 bits per heavy atom. The molecular weight excluding hydrogens is 385 g/mol. The lowest BCUT2D eigenvalue weighted by atomic mass is 9.87. The van der Waals surface area contributed by atoms with Gasteiger partial charge in [0.05, 0.1) is 16.0 Å². The first kappa shape index (κ1) is 20.1. The van der Waals surface area contributed by atoms with Crippen LogP contribution in [-0.2, 0) is 19.1 Å². The van der Waals surface area contributed by atoms with Crippen molar-refractivity contribution in [2.75, 3.05) is 0 Å². The van der Waals surface area contributed by atoms with Gasteiger partial charge in [0.1, 0.15) is 5.75 Å². The third kappa shape index (κ3) is 3.34. The fraction of sp³-hybridized carbons (Fsp3) is 0.368. The molecule has 1 saturated heterocycles. The second kappa shape index (κ2) is 6.45. The quantitative estimate of drug-likeness (QED) is 0.681. The van der Waals surface area contributed by atoms with Crippen LogP contribution in [0.1, 0.15) is 33.3 Å². The van der Waals surface area contributed by atoms with E-state index >= 15 is 0 Å². The van der Waals surface area contributed by atoms with Crippen molar-refractivity contribution in [1.82, 2.24) is 4.08 Å². The zero-order chi connectivity index (χ0) is 20.1. The number of sulfonamides is 1. The highest BCUT2D eigenvalue weighted by Gasteiger charge is 2.67. The average molecular weight is 409 g/mol. The summed E-state index contributed by atoms with van der Waals surface area (Å²) in [6.45, 7) is 8.66. The molecule has 0 radical (unpaired) electrons. The van der Waals surface area contributed by atoms with E-state index in [9.17, 15) is 13.0 Å². The second-order valence-electron chi connectivity index (χ2n) is 7.59. The van der Waals surface area contributed by atoms with Crippen molar-refractivity contribution in [1.29, 1.82) is 0 Å². The molecule has 0 aliphatic carbocycles. The summed E-state index contributed by atoms with van der Waals surface area (Å²) in [7, 11) is -8.34. The van der Waals surface area contributed by atoms with Gasteiger partial charge in [-0.3, -0.25) is 4.52 Å². The van der Waals surface area contributed by atoms with E-state index in [1.807, 2.05) is 6.92 Å². The Balaban J connectivity index is 2.15. The van der Waals surface area contributed by atoms with Crippen molar-refractivity contribution in [3.8, 4) is 5.75 Å². The summed E-state index contributed by atoms with van der Waals surface area (Å²) in [6.07, 6.45) is 0. The fourth-order valence-electron chi connectivity index (χ4n) is 2.89. The molecule has 0 saturated carbocycles. The topological polar surface area (TPSA) is 72.9 Å². The fourth-order valence-corrected chi connectivity index (χ4v) is 8.15. The van der Waals surface area contributed by atoms with Gasteiger partial charge in [0, 0.05) is 0 Å². The number of nitrogens with zero attached hydrogens (tertiary/aromatic N) is 1. The number of aryl methyl sites for hydroxylation is 1. The molecule has 27 heavy (non-hydrogen) atoms. The minimum absolute atomic E-state index is 0.0411. The molecule has 0 N–H and O–H groups in total. The summed E-state index contributed by atoms with van der Waals surface area (Å²) >= 11 is 0. The van der Waals surface area contributed by atoms with Crippen LogP contribution in [0, 0.1) is 6.92 Å². The molecule has 1 fully saturated rings. The number of para-hydroxylation sites is 1. The van der Waals surface area contributed by atoms with Crippen LogP contribution in [0.15, 0.2) is 59.5 Å². The van der Waals surface area contributed by atoms with Crippen LogP contribution in [0.4, 0.5) is 0 Å². The minimum atomic E-state index is -4.20.